The van der Waals surface area contributed by atoms with Gasteiger partial charge >= 0.3 is 5.97 Å². The molecule has 2 rings (SSSR count). The van der Waals surface area contributed by atoms with Gasteiger partial charge < -0.3 is 14.5 Å². The summed E-state index contributed by atoms with van der Waals surface area (Å²) in [6, 6.07) is 0. The fourth-order valence-electron chi connectivity index (χ4n) is 3.21. The Kier molecular flexibility index (Phi) is 4.34. The van der Waals surface area contributed by atoms with Crippen LogP contribution in [0.1, 0.15) is 49.6 Å². The Morgan fingerprint density at radius 3 is 2.67 bits per heavy atom. The maximum Gasteiger partial charge on any atom is 0.329 e. The Labute approximate surface area is 124 Å². The van der Waals surface area contributed by atoms with Gasteiger partial charge in [-0.3, -0.25) is 4.79 Å². The van der Waals surface area contributed by atoms with E-state index in [0.717, 1.165) is 23.4 Å². The molecular formula is C15H22N2O4. The summed E-state index contributed by atoms with van der Waals surface area (Å²) in [6.07, 6.45) is 2.56. The van der Waals surface area contributed by atoms with E-state index >= 15 is 0 Å². The number of likely N-dealkylation sites (tertiary alicyclic amines) is 1. The summed E-state index contributed by atoms with van der Waals surface area (Å²) in [4.78, 5) is 25.6. The lowest BCUT2D eigenvalue weighted by Crippen LogP contribution is -2.52. The third-order valence-corrected chi connectivity index (χ3v) is 4.54. The number of carbonyl (C=O) groups is 2. The summed E-state index contributed by atoms with van der Waals surface area (Å²) >= 11 is 0. The number of aliphatic carboxylic acids is 1. The highest BCUT2D eigenvalue weighted by molar-refractivity contribution is 5.87. The number of nitrogens with zero attached hydrogens (tertiary/aromatic N) is 2. The quantitative estimate of drug-likeness (QED) is 0.898. The first-order valence-corrected chi connectivity index (χ1v) is 7.38. The largest absolute Gasteiger partial charge is 0.479 e. The van der Waals surface area contributed by atoms with E-state index in [9.17, 15) is 14.7 Å². The molecule has 6 heteroatoms. The van der Waals surface area contributed by atoms with Crippen LogP contribution < -0.4 is 0 Å². The molecule has 0 saturated carbocycles. The highest BCUT2D eigenvalue weighted by Crippen LogP contribution is 2.33. The Hall–Kier alpha value is -1.85. The van der Waals surface area contributed by atoms with Crippen LogP contribution in [0.5, 0.6) is 0 Å². The third kappa shape index (κ3) is 2.66. The van der Waals surface area contributed by atoms with E-state index in [-0.39, 0.29) is 12.3 Å². The van der Waals surface area contributed by atoms with Crippen LogP contribution in [0.2, 0.25) is 0 Å². The molecule has 1 atom stereocenters. The van der Waals surface area contributed by atoms with E-state index in [1.165, 1.54) is 0 Å². The highest BCUT2D eigenvalue weighted by atomic mass is 16.5. The molecule has 0 bridgehead atoms. The van der Waals surface area contributed by atoms with Crippen LogP contribution in [0, 0.1) is 13.8 Å². The van der Waals surface area contributed by atoms with Gasteiger partial charge in [-0.15, -0.1) is 0 Å². The average Bonchev–Trinajstić information content (AvgIpc) is 3.02. The van der Waals surface area contributed by atoms with Gasteiger partial charge in [0, 0.05) is 18.5 Å². The number of amides is 1. The standard InChI is InChI=1S/C15H22N2O4/c1-4-15(14(19)20)8-5-9-17(15)13(18)7-6-12-10(2)16-21-11(12)3/h4-9H2,1-3H3,(H,19,20). The fraction of sp³-hybridized carbons (Fsp3) is 0.667. The molecule has 0 spiro atoms. The van der Waals surface area contributed by atoms with Crippen LogP contribution in [0.4, 0.5) is 0 Å². The molecule has 2 heterocycles. The number of rotatable bonds is 5. The Bertz CT molecular complexity index is 532. The van der Waals surface area contributed by atoms with Crippen molar-refractivity contribution >= 4 is 11.9 Å². The van der Waals surface area contributed by atoms with Gasteiger partial charge in [-0.1, -0.05) is 12.1 Å². The lowest BCUT2D eigenvalue weighted by Gasteiger charge is -2.34. The van der Waals surface area contributed by atoms with Crippen LogP contribution in [0.25, 0.3) is 0 Å². The second kappa shape index (κ2) is 5.87. The van der Waals surface area contributed by atoms with E-state index in [4.69, 9.17) is 4.52 Å². The minimum absolute atomic E-state index is 0.100. The van der Waals surface area contributed by atoms with Crippen molar-refractivity contribution in [3.05, 3.63) is 17.0 Å². The maximum absolute atomic E-state index is 12.5. The number of carbonyl (C=O) groups excluding carboxylic acids is 1. The lowest BCUT2D eigenvalue weighted by molar-refractivity contribution is -0.156. The van der Waals surface area contributed by atoms with E-state index < -0.39 is 11.5 Å². The van der Waals surface area contributed by atoms with Crippen molar-refractivity contribution in [2.24, 2.45) is 0 Å². The normalized spacial score (nSPS) is 21.8. The van der Waals surface area contributed by atoms with Crippen LogP contribution in [-0.2, 0) is 16.0 Å². The smallest absolute Gasteiger partial charge is 0.329 e. The predicted molar refractivity (Wildman–Crippen MR) is 75.9 cm³/mol. The number of carboxylic acids is 1. The first-order valence-electron chi connectivity index (χ1n) is 7.38. The first-order chi connectivity index (χ1) is 9.92. The molecule has 1 saturated heterocycles. The van der Waals surface area contributed by atoms with E-state index in [2.05, 4.69) is 5.16 Å². The Morgan fingerprint density at radius 2 is 2.14 bits per heavy atom. The van der Waals surface area contributed by atoms with Gasteiger partial charge in [-0.05, 0) is 39.5 Å². The molecule has 0 radical (unpaired) electrons. The zero-order chi connectivity index (χ0) is 15.6. The molecule has 1 fully saturated rings. The monoisotopic (exact) mass is 294 g/mol. The first kappa shape index (κ1) is 15.5. The summed E-state index contributed by atoms with van der Waals surface area (Å²) in [5.41, 5.74) is 0.720. The molecule has 0 aliphatic carbocycles. The van der Waals surface area contributed by atoms with Crippen molar-refractivity contribution in [3.8, 4) is 0 Å². The van der Waals surface area contributed by atoms with Crippen LogP contribution in [0.3, 0.4) is 0 Å². The zero-order valence-corrected chi connectivity index (χ0v) is 12.8. The second-order valence-electron chi connectivity index (χ2n) is 5.64. The van der Waals surface area contributed by atoms with Crippen molar-refractivity contribution in [1.29, 1.82) is 0 Å². The van der Waals surface area contributed by atoms with Crippen molar-refractivity contribution in [2.45, 2.75) is 58.4 Å². The number of hydrogen-bond acceptors (Lipinski definition) is 4. The predicted octanol–water partition coefficient (Wildman–Crippen LogP) is 2.08. The van der Waals surface area contributed by atoms with Gasteiger partial charge in [0.2, 0.25) is 5.91 Å². The summed E-state index contributed by atoms with van der Waals surface area (Å²) in [5, 5.41) is 13.4. The van der Waals surface area contributed by atoms with Gasteiger partial charge in [0.05, 0.1) is 5.69 Å². The van der Waals surface area contributed by atoms with Crippen molar-refractivity contribution < 1.29 is 19.2 Å². The van der Waals surface area contributed by atoms with E-state index in [1.807, 2.05) is 20.8 Å². The number of carboxylic acid groups (broad SMARTS) is 1. The molecule has 1 aromatic rings. The molecule has 1 amide bonds. The summed E-state index contributed by atoms with van der Waals surface area (Å²) in [7, 11) is 0. The van der Waals surface area contributed by atoms with Crippen molar-refractivity contribution in [3.63, 3.8) is 0 Å². The van der Waals surface area contributed by atoms with Crippen molar-refractivity contribution in [1.82, 2.24) is 10.1 Å². The molecule has 1 aromatic heterocycles. The summed E-state index contributed by atoms with van der Waals surface area (Å²) in [6.45, 7) is 6.03. The molecule has 1 unspecified atom stereocenters. The van der Waals surface area contributed by atoms with Gasteiger partial charge in [-0.25, -0.2) is 4.79 Å². The van der Waals surface area contributed by atoms with Crippen molar-refractivity contribution in [2.75, 3.05) is 6.54 Å². The SMILES string of the molecule is CCC1(C(=O)O)CCCN1C(=O)CCc1c(C)noc1C. The molecule has 21 heavy (non-hydrogen) atoms. The fourth-order valence-corrected chi connectivity index (χ4v) is 3.21. The minimum Gasteiger partial charge on any atom is -0.479 e. The number of hydrogen-bond donors (Lipinski definition) is 1. The van der Waals surface area contributed by atoms with E-state index in [1.54, 1.807) is 4.90 Å². The summed E-state index contributed by atoms with van der Waals surface area (Å²) in [5.74, 6) is -0.272. The zero-order valence-electron chi connectivity index (χ0n) is 12.8. The van der Waals surface area contributed by atoms with Crippen LogP contribution in [-0.4, -0.2) is 39.1 Å². The topological polar surface area (TPSA) is 83.6 Å². The Balaban J connectivity index is 2.08. The second-order valence-corrected chi connectivity index (χ2v) is 5.64. The molecule has 116 valence electrons. The molecule has 1 aliphatic rings. The average molecular weight is 294 g/mol. The number of aromatic nitrogens is 1. The van der Waals surface area contributed by atoms with Gasteiger partial charge in [0.15, 0.2) is 0 Å². The maximum atomic E-state index is 12.5. The van der Waals surface area contributed by atoms with Crippen LogP contribution >= 0.6 is 0 Å². The molecular weight excluding hydrogens is 272 g/mol. The Morgan fingerprint density at radius 1 is 1.43 bits per heavy atom. The molecule has 0 aromatic carbocycles. The lowest BCUT2D eigenvalue weighted by atomic mass is 9.92. The minimum atomic E-state index is -1.02. The third-order valence-electron chi connectivity index (χ3n) is 4.54. The number of aryl methyl sites for hydroxylation is 2. The molecule has 1 N–H and O–H groups in total. The van der Waals surface area contributed by atoms with Gasteiger partial charge in [-0.2, -0.15) is 0 Å². The molecule has 6 nitrogen and oxygen atoms in total. The molecule has 1 aliphatic heterocycles. The van der Waals surface area contributed by atoms with Crippen LogP contribution in [0.15, 0.2) is 4.52 Å². The summed E-state index contributed by atoms with van der Waals surface area (Å²) < 4.78 is 5.08. The van der Waals surface area contributed by atoms with E-state index in [0.29, 0.717) is 25.8 Å². The highest BCUT2D eigenvalue weighted by Gasteiger charge is 2.48. The van der Waals surface area contributed by atoms with Gasteiger partial charge in [0.1, 0.15) is 11.3 Å². The van der Waals surface area contributed by atoms with Gasteiger partial charge in [0.25, 0.3) is 0 Å².